The zero-order chi connectivity index (χ0) is 8.27. The van der Waals surface area contributed by atoms with Crippen molar-refractivity contribution in [3.63, 3.8) is 0 Å². The van der Waals surface area contributed by atoms with E-state index in [0.717, 1.165) is 18.2 Å². The molecular formula is C7H14N4. The number of nitrogens with zero attached hydrogens (tertiary/aromatic N) is 2. The highest BCUT2D eigenvalue weighted by atomic mass is 15.2. The lowest BCUT2D eigenvalue weighted by molar-refractivity contribution is 0.909. The normalized spacial score (nSPS) is 9.73. The Morgan fingerprint density at radius 1 is 1.64 bits per heavy atom. The first-order valence-corrected chi connectivity index (χ1v) is 3.72. The van der Waals surface area contributed by atoms with Gasteiger partial charge in [0.2, 0.25) is 0 Å². The summed E-state index contributed by atoms with van der Waals surface area (Å²) in [4.78, 5) is 4.14. The summed E-state index contributed by atoms with van der Waals surface area (Å²) in [6, 6.07) is 0. The number of aromatic nitrogens is 2. The van der Waals surface area contributed by atoms with E-state index in [0.29, 0.717) is 0 Å². The first-order valence-electron chi connectivity index (χ1n) is 3.72. The maximum absolute atomic E-state index is 4.14. The SMILES string of the molecule is CCNc1c(NC)ncn1C. The average molecular weight is 154 g/mol. The number of aryl methyl sites for hydroxylation is 1. The van der Waals surface area contributed by atoms with Crippen LogP contribution in [0.4, 0.5) is 11.6 Å². The molecule has 0 aromatic carbocycles. The molecule has 0 unspecified atom stereocenters. The quantitative estimate of drug-likeness (QED) is 0.679. The fourth-order valence-corrected chi connectivity index (χ4v) is 0.989. The lowest BCUT2D eigenvalue weighted by atomic mass is 10.6. The van der Waals surface area contributed by atoms with Gasteiger partial charge in [-0.1, -0.05) is 0 Å². The van der Waals surface area contributed by atoms with Gasteiger partial charge < -0.3 is 15.2 Å². The maximum Gasteiger partial charge on any atom is 0.168 e. The Balaban J connectivity index is 2.88. The van der Waals surface area contributed by atoms with Crippen LogP contribution in [0.5, 0.6) is 0 Å². The minimum absolute atomic E-state index is 0.898. The molecule has 0 fully saturated rings. The van der Waals surface area contributed by atoms with Crippen LogP contribution < -0.4 is 10.6 Å². The van der Waals surface area contributed by atoms with E-state index in [1.807, 2.05) is 18.7 Å². The predicted molar refractivity (Wildman–Crippen MR) is 46.9 cm³/mol. The molecule has 0 aliphatic rings. The summed E-state index contributed by atoms with van der Waals surface area (Å²) in [5.41, 5.74) is 0. The largest absolute Gasteiger partial charge is 0.370 e. The Bertz CT molecular complexity index is 228. The van der Waals surface area contributed by atoms with Gasteiger partial charge in [-0.15, -0.1) is 0 Å². The molecule has 1 rings (SSSR count). The molecule has 0 amide bonds. The topological polar surface area (TPSA) is 41.9 Å². The van der Waals surface area contributed by atoms with Crippen LogP contribution in [0.25, 0.3) is 0 Å². The fourth-order valence-electron chi connectivity index (χ4n) is 0.989. The van der Waals surface area contributed by atoms with E-state index in [1.165, 1.54) is 0 Å². The van der Waals surface area contributed by atoms with Gasteiger partial charge in [0, 0.05) is 20.6 Å². The van der Waals surface area contributed by atoms with Gasteiger partial charge in [-0.25, -0.2) is 4.98 Å². The first-order chi connectivity index (χ1) is 5.29. The zero-order valence-corrected chi connectivity index (χ0v) is 7.18. The van der Waals surface area contributed by atoms with Crippen LogP contribution in [0.2, 0.25) is 0 Å². The monoisotopic (exact) mass is 154 g/mol. The van der Waals surface area contributed by atoms with Gasteiger partial charge in [0.05, 0.1) is 6.33 Å². The molecule has 0 saturated heterocycles. The number of rotatable bonds is 3. The maximum atomic E-state index is 4.14. The van der Waals surface area contributed by atoms with E-state index < -0.39 is 0 Å². The number of nitrogens with one attached hydrogen (secondary N) is 2. The van der Waals surface area contributed by atoms with Crippen LogP contribution in [0.1, 0.15) is 6.92 Å². The van der Waals surface area contributed by atoms with Crippen molar-refractivity contribution >= 4 is 11.6 Å². The van der Waals surface area contributed by atoms with Crippen molar-refractivity contribution in [3.8, 4) is 0 Å². The Morgan fingerprint density at radius 3 is 2.91 bits per heavy atom. The highest BCUT2D eigenvalue weighted by molar-refractivity contribution is 5.59. The van der Waals surface area contributed by atoms with E-state index in [4.69, 9.17) is 0 Å². The van der Waals surface area contributed by atoms with E-state index in [9.17, 15) is 0 Å². The smallest absolute Gasteiger partial charge is 0.168 e. The van der Waals surface area contributed by atoms with Crippen molar-refractivity contribution in [1.82, 2.24) is 9.55 Å². The molecule has 4 heteroatoms. The van der Waals surface area contributed by atoms with Gasteiger partial charge >= 0.3 is 0 Å². The molecule has 0 aliphatic carbocycles. The van der Waals surface area contributed by atoms with Crippen molar-refractivity contribution in [3.05, 3.63) is 6.33 Å². The van der Waals surface area contributed by atoms with Gasteiger partial charge in [0.1, 0.15) is 5.82 Å². The van der Waals surface area contributed by atoms with E-state index in [2.05, 4.69) is 22.5 Å². The second kappa shape index (κ2) is 3.27. The van der Waals surface area contributed by atoms with Crippen LogP contribution in [-0.2, 0) is 7.05 Å². The summed E-state index contributed by atoms with van der Waals surface area (Å²) in [5.74, 6) is 1.93. The number of anilines is 2. The van der Waals surface area contributed by atoms with Crippen LogP contribution in [-0.4, -0.2) is 23.1 Å². The second-order valence-corrected chi connectivity index (χ2v) is 2.33. The molecule has 11 heavy (non-hydrogen) atoms. The summed E-state index contributed by atoms with van der Waals surface area (Å²) in [5, 5.41) is 6.22. The number of imidazole rings is 1. The minimum Gasteiger partial charge on any atom is -0.370 e. The Morgan fingerprint density at radius 2 is 2.36 bits per heavy atom. The third-order valence-corrected chi connectivity index (χ3v) is 1.52. The van der Waals surface area contributed by atoms with Crippen LogP contribution >= 0.6 is 0 Å². The third-order valence-electron chi connectivity index (χ3n) is 1.52. The third kappa shape index (κ3) is 1.45. The molecule has 1 aromatic rings. The minimum atomic E-state index is 0.898. The molecule has 62 valence electrons. The first kappa shape index (κ1) is 7.91. The molecule has 4 nitrogen and oxygen atoms in total. The highest BCUT2D eigenvalue weighted by Gasteiger charge is 2.03. The molecule has 1 aromatic heterocycles. The Labute approximate surface area is 66.6 Å². The van der Waals surface area contributed by atoms with Crippen molar-refractivity contribution in [2.75, 3.05) is 24.2 Å². The van der Waals surface area contributed by atoms with Crippen molar-refractivity contribution in [2.24, 2.45) is 7.05 Å². The van der Waals surface area contributed by atoms with E-state index >= 15 is 0 Å². The van der Waals surface area contributed by atoms with Crippen LogP contribution in [0, 0.1) is 0 Å². The van der Waals surface area contributed by atoms with Gasteiger partial charge in [0.25, 0.3) is 0 Å². The summed E-state index contributed by atoms with van der Waals surface area (Å²) >= 11 is 0. The lowest BCUT2D eigenvalue weighted by Crippen LogP contribution is -2.04. The molecule has 2 N–H and O–H groups in total. The van der Waals surface area contributed by atoms with Crippen LogP contribution in [0.3, 0.4) is 0 Å². The molecule has 0 saturated carbocycles. The summed E-state index contributed by atoms with van der Waals surface area (Å²) in [6.07, 6.45) is 1.78. The van der Waals surface area contributed by atoms with Crippen LogP contribution in [0.15, 0.2) is 6.33 Å². The molecular weight excluding hydrogens is 140 g/mol. The summed E-state index contributed by atoms with van der Waals surface area (Å²) in [7, 11) is 3.83. The molecule has 0 spiro atoms. The van der Waals surface area contributed by atoms with Crippen molar-refractivity contribution in [1.29, 1.82) is 0 Å². The lowest BCUT2D eigenvalue weighted by Gasteiger charge is -2.05. The zero-order valence-electron chi connectivity index (χ0n) is 7.18. The summed E-state index contributed by atoms with van der Waals surface area (Å²) in [6.45, 7) is 2.97. The van der Waals surface area contributed by atoms with Crippen molar-refractivity contribution in [2.45, 2.75) is 6.92 Å². The molecule has 0 radical (unpaired) electrons. The molecule has 0 aliphatic heterocycles. The molecule has 1 heterocycles. The van der Waals surface area contributed by atoms with Gasteiger partial charge in [-0.3, -0.25) is 0 Å². The van der Waals surface area contributed by atoms with E-state index in [-0.39, 0.29) is 0 Å². The van der Waals surface area contributed by atoms with Gasteiger partial charge in [-0.05, 0) is 6.92 Å². The molecule has 0 atom stereocenters. The fraction of sp³-hybridized carbons (Fsp3) is 0.571. The van der Waals surface area contributed by atoms with Gasteiger partial charge in [0.15, 0.2) is 5.82 Å². The Kier molecular flexibility index (Phi) is 2.36. The summed E-state index contributed by atoms with van der Waals surface area (Å²) < 4.78 is 1.95. The highest BCUT2D eigenvalue weighted by Crippen LogP contribution is 2.16. The van der Waals surface area contributed by atoms with Gasteiger partial charge in [-0.2, -0.15) is 0 Å². The van der Waals surface area contributed by atoms with Crippen molar-refractivity contribution < 1.29 is 0 Å². The number of hydrogen-bond acceptors (Lipinski definition) is 3. The standard InChI is InChI=1S/C7H14N4/c1-4-9-7-6(8-2)10-5-11(7)3/h5,8-9H,4H2,1-3H3. The predicted octanol–water partition coefficient (Wildman–Crippen LogP) is 0.894. The number of hydrogen-bond donors (Lipinski definition) is 2. The molecule has 0 bridgehead atoms. The second-order valence-electron chi connectivity index (χ2n) is 2.33. The van der Waals surface area contributed by atoms with E-state index in [1.54, 1.807) is 6.33 Å². The average Bonchev–Trinajstić information content (AvgIpc) is 2.34. The Hall–Kier alpha value is -1.19.